The van der Waals surface area contributed by atoms with Crippen molar-refractivity contribution in [3.63, 3.8) is 0 Å². The topological polar surface area (TPSA) is 67.8 Å². The van der Waals surface area contributed by atoms with Crippen LogP contribution in [0.5, 0.6) is 0 Å². The van der Waals surface area contributed by atoms with Gasteiger partial charge in [0.25, 0.3) is 0 Å². The lowest BCUT2D eigenvalue weighted by molar-refractivity contribution is -0.143. The fourth-order valence-electron chi connectivity index (χ4n) is 1.73. The van der Waals surface area contributed by atoms with Crippen molar-refractivity contribution >= 4 is 5.97 Å². The van der Waals surface area contributed by atoms with Crippen molar-refractivity contribution in [1.29, 1.82) is 0 Å². The number of aliphatic hydroxyl groups excluding tert-OH is 1. The Bertz CT molecular complexity index is 234. The molecule has 5 heteroatoms. The lowest BCUT2D eigenvalue weighted by Crippen LogP contribution is -2.31. The molecule has 0 saturated carbocycles. The van der Waals surface area contributed by atoms with Crippen molar-refractivity contribution in [2.24, 2.45) is 5.92 Å². The normalized spacial score (nSPS) is 12.7. The Kier molecular flexibility index (Phi) is 12.9. The van der Waals surface area contributed by atoms with Gasteiger partial charge in [-0.15, -0.1) is 0 Å². The van der Waals surface area contributed by atoms with Gasteiger partial charge in [0, 0.05) is 19.6 Å². The fraction of sp³-hybridized carbons (Fsp3) is 0.933. The molecule has 1 atom stereocenters. The quantitative estimate of drug-likeness (QED) is 0.399. The summed E-state index contributed by atoms with van der Waals surface area (Å²) in [6, 6.07) is 0. The number of hydrogen-bond donors (Lipinski definition) is 2. The molecule has 0 aromatic heterocycles. The maximum Gasteiger partial charge on any atom is 0.305 e. The predicted molar refractivity (Wildman–Crippen MR) is 79.6 cm³/mol. The van der Waals surface area contributed by atoms with Crippen LogP contribution in [0.1, 0.15) is 46.5 Å². The summed E-state index contributed by atoms with van der Waals surface area (Å²) in [5.74, 6) is 0.535. The predicted octanol–water partition coefficient (Wildman–Crippen LogP) is 1.73. The highest BCUT2D eigenvalue weighted by molar-refractivity contribution is 5.69. The summed E-state index contributed by atoms with van der Waals surface area (Å²) in [5, 5.41) is 12.8. The largest absolute Gasteiger partial charge is 0.466 e. The second-order valence-corrected chi connectivity index (χ2v) is 5.38. The highest BCUT2D eigenvalue weighted by Gasteiger charge is 2.05. The number of nitrogens with one attached hydrogen (secondary N) is 1. The van der Waals surface area contributed by atoms with Crippen molar-refractivity contribution in [2.75, 3.05) is 32.9 Å². The van der Waals surface area contributed by atoms with Gasteiger partial charge in [-0.05, 0) is 38.6 Å². The number of carbonyl (C=O) groups is 1. The van der Waals surface area contributed by atoms with Gasteiger partial charge < -0.3 is 19.9 Å². The maximum atomic E-state index is 11.1. The van der Waals surface area contributed by atoms with Crippen LogP contribution in [0.3, 0.4) is 0 Å². The van der Waals surface area contributed by atoms with Gasteiger partial charge in [0.05, 0.1) is 19.3 Å². The SMILES string of the molecule is CCOC(=O)CCCNCC(O)COCCCC(C)C. The first-order valence-electron chi connectivity index (χ1n) is 7.68. The van der Waals surface area contributed by atoms with Crippen molar-refractivity contribution in [1.82, 2.24) is 5.32 Å². The summed E-state index contributed by atoms with van der Waals surface area (Å²) in [5.41, 5.74) is 0. The molecule has 0 heterocycles. The Morgan fingerprint density at radius 3 is 2.70 bits per heavy atom. The Hall–Kier alpha value is -0.650. The molecule has 0 amide bonds. The van der Waals surface area contributed by atoms with Gasteiger partial charge in [-0.3, -0.25) is 4.79 Å². The Balaban J connectivity index is 3.28. The lowest BCUT2D eigenvalue weighted by atomic mass is 10.1. The molecule has 0 rings (SSSR count). The molecule has 0 aliphatic heterocycles. The highest BCUT2D eigenvalue weighted by Crippen LogP contribution is 2.03. The Morgan fingerprint density at radius 1 is 1.30 bits per heavy atom. The minimum absolute atomic E-state index is 0.164. The smallest absolute Gasteiger partial charge is 0.305 e. The lowest BCUT2D eigenvalue weighted by Gasteiger charge is -2.12. The second kappa shape index (κ2) is 13.3. The molecule has 2 N–H and O–H groups in total. The van der Waals surface area contributed by atoms with Gasteiger partial charge in [0.2, 0.25) is 0 Å². The minimum Gasteiger partial charge on any atom is -0.466 e. The van der Waals surface area contributed by atoms with Crippen molar-refractivity contribution in [2.45, 2.75) is 52.6 Å². The first kappa shape index (κ1) is 19.4. The van der Waals surface area contributed by atoms with Gasteiger partial charge in [-0.2, -0.15) is 0 Å². The van der Waals surface area contributed by atoms with E-state index in [0.29, 0.717) is 45.2 Å². The summed E-state index contributed by atoms with van der Waals surface area (Å²) >= 11 is 0. The standard InChI is InChI=1S/C15H31NO4/c1-4-20-15(18)8-5-9-16-11-14(17)12-19-10-6-7-13(2)3/h13-14,16-17H,4-12H2,1-3H3. The first-order chi connectivity index (χ1) is 9.56. The molecule has 5 nitrogen and oxygen atoms in total. The average Bonchev–Trinajstić information content (AvgIpc) is 2.38. The third-order valence-corrected chi connectivity index (χ3v) is 2.80. The molecular weight excluding hydrogens is 258 g/mol. The van der Waals surface area contributed by atoms with Crippen LogP contribution in [-0.4, -0.2) is 50.1 Å². The fourth-order valence-corrected chi connectivity index (χ4v) is 1.73. The zero-order valence-corrected chi connectivity index (χ0v) is 13.2. The molecule has 0 saturated heterocycles. The number of esters is 1. The molecule has 0 bridgehead atoms. The zero-order chi connectivity index (χ0) is 15.2. The third-order valence-electron chi connectivity index (χ3n) is 2.80. The number of carbonyl (C=O) groups excluding carboxylic acids is 1. The van der Waals surface area contributed by atoms with Gasteiger partial charge in [0.1, 0.15) is 0 Å². The van der Waals surface area contributed by atoms with E-state index in [2.05, 4.69) is 19.2 Å². The van der Waals surface area contributed by atoms with Crippen LogP contribution in [-0.2, 0) is 14.3 Å². The van der Waals surface area contributed by atoms with E-state index in [1.807, 2.05) is 0 Å². The van der Waals surface area contributed by atoms with E-state index in [9.17, 15) is 9.90 Å². The van der Waals surface area contributed by atoms with Gasteiger partial charge in [-0.1, -0.05) is 13.8 Å². The first-order valence-corrected chi connectivity index (χ1v) is 7.68. The molecule has 1 unspecified atom stereocenters. The van der Waals surface area contributed by atoms with Crippen LogP contribution in [0.25, 0.3) is 0 Å². The van der Waals surface area contributed by atoms with Crippen LogP contribution in [0.15, 0.2) is 0 Å². The second-order valence-electron chi connectivity index (χ2n) is 5.38. The summed E-state index contributed by atoms with van der Waals surface area (Å²) < 4.78 is 10.2. The minimum atomic E-state index is -0.489. The van der Waals surface area contributed by atoms with Crippen LogP contribution < -0.4 is 5.32 Å². The zero-order valence-electron chi connectivity index (χ0n) is 13.2. The van der Waals surface area contributed by atoms with Crippen LogP contribution >= 0.6 is 0 Å². The molecule has 0 aliphatic carbocycles. The van der Waals surface area contributed by atoms with Crippen molar-refractivity contribution in [3.05, 3.63) is 0 Å². The van der Waals surface area contributed by atoms with Gasteiger partial charge in [0.15, 0.2) is 0 Å². The molecule has 0 fully saturated rings. The van der Waals surface area contributed by atoms with Crippen LogP contribution in [0.4, 0.5) is 0 Å². The number of hydrogen-bond acceptors (Lipinski definition) is 5. The van der Waals surface area contributed by atoms with E-state index in [1.54, 1.807) is 6.92 Å². The Labute approximate surface area is 123 Å². The van der Waals surface area contributed by atoms with Gasteiger partial charge >= 0.3 is 5.97 Å². The van der Waals surface area contributed by atoms with Crippen LogP contribution in [0, 0.1) is 5.92 Å². The molecule has 20 heavy (non-hydrogen) atoms. The molecule has 120 valence electrons. The van der Waals surface area contributed by atoms with Crippen molar-refractivity contribution in [3.8, 4) is 0 Å². The summed E-state index contributed by atoms with van der Waals surface area (Å²) in [7, 11) is 0. The molecular formula is C15H31NO4. The third kappa shape index (κ3) is 13.8. The summed E-state index contributed by atoms with van der Waals surface area (Å²) in [4.78, 5) is 11.1. The van der Waals surface area contributed by atoms with E-state index in [1.165, 1.54) is 0 Å². The average molecular weight is 289 g/mol. The highest BCUT2D eigenvalue weighted by atomic mass is 16.5. The molecule has 0 aromatic rings. The number of rotatable bonds is 13. The molecule has 0 aliphatic rings. The maximum absolute atomic E-state index is 11.1. The van der Waals surface area contributed by atoms with E-state index >= 15 is 0 Å². The Morgan fingerprint density at radius 2 is 2.05 bits per heavy atom. The van der Waals surface area contributed by atoms with Crippen LogP contribution in [0.2, 0.25) is 0 Å². The van der Waals surface area contributed by atoms with E-state index in [4.69, 9.17) is 9.47 Å². The van der Waals surface area contributed by atoms with E-state index in [0.717, 1.165) is 19.3 Å². The molecule has 0 spiro atoms. The van der Waals surface area contributed by atoms with E-state index < -0.39 is 6.10 Å². The molecule has 0 aromatic carbocycles. The number of aliphatic hydroxyl groups is 1. The van der Waals surface area contributed by atoms with Crippen molar-refractivity contribution < 1.29 is 19.4 Å². The monoisotopic (exact) mass is 289 g/mol. The number of ether oxygens (including phenoxy) is 2. The van der Waals surface area contributed by atoms with E-state index in [-0.39, 0.29) is 5.97 Å². The molecule has 0 radical (unpaired) electrons. The summed E-state index contributed by atoms with van der Waals surface area (Å²) in [6.45, 7) is 8.87. The van der Waals surface area contributed by atoms with Gasteiger partial charge in [-0.25, -0.2) is 0 Å². The summed E-state index contributed by atoms with van der Waals surface area (Å²) in [6.07, 6.45) is 2.85.